The third-order valence-corrected chi connectivity index (χ3v) is 2.73. The smallest absolute Gasteiger partial charge is 0.274 e. The number of benzene rings is 1. The van der Waals surface area contributed by atoms with Crippen LogP contribution >= 0.6 is 0 Å². The Morgan fingerprint density at radius 3 is 2.68 bits per heavy atom. The number of hydrogen-bond acceptors (Lipinski definition) is 3. The number of halogens is 1. The van der Waals surface area contributed by atoms with Crippen LogP contribution in [0.25, 0.3) is 0 Å². The maximum Gasteiger partial charge on any atom is 0.274 e. The Bertz CT molecular complexity index is 596. The van der Waals surface area contributed by atoms with Crippen molar-refractivity contribution in [2.45, 2.75) is 6.92 Å². The highest BCUT2D eigenvalue weighted by molar-refractivity contribution is 6.03. The molecule has 0 unspecified atom stereocenters. The fraction of sp³-hybridized carbons (Fsp3) is 0.143. The van der Waals surface area contributed by atoms with E-state index in [1.807, 2.05) is 0 Å². The first kappa shape index (κ1) is 13.0. The van der Waals surface area contributed by atoms with Gasteiger partial charge in [0.05, 0.1) is 11.9 Å². The lowest BCUT2D eigenvalue weighted by Gasteiger charge is -2.08. The summed E-state index contributed by atoms with van der Waals surface area (Å²) in [6.07, 6.45) is 1.56. The summed E-state index contributed by atoms with van der Waals surface area (Å²) in [7, 11) is 1.77. The van der Waals surface area contributed by atoms with Crippen molar-refractivity contribution in [1.82, 2.24) is 4.98 Å². The Hall–Kier alpha value is -2.43. The van der Waals surface area contributed by atoms with E-state index in [0.29, 0.717) is 5.69 Å². The Kier molecular flexibility index (Phi) is 3.75. The van der Waals surface area contributed by atoms with Crippen LogP contribution in [-0.2, 0) is 0 Å². The van der Waals surface area contributed by atoms with Gasteiger partial charge in [0.2, 0.25) is 0 Å². The summed E-state index contributed by atoms with van der Waals surface area (Å²) in [4.78, 5) is 16.0. The van der Waals surface area contributed by atoms with E-state index < -0.39 is 0 Å². The molecule has 4 nitrogen and oxygen atoms in total. The third-order valence-electron chi connectivity index (χ3n) is 2.73. The zero-order chi connectivity index (χ0) is 13.8. The van der Waals surface area contributed by atoms with Gasteiger partial charge in [-0.3, -0.25) is 4.79 Å². The molecule has 0 radical (unpaired) electrons. The Morgan fingerprint density at radius 2 is 2.05 bits per heavy atom. The van der Waals surface area contributed by atoms with Crippen LogP contribution in [0.2, 0.25) is 0 Å². The molecule has 0 atom stereocenters. The van der Waals surface area contributed by atoms with Gasteiger partial charge in [-0.25, -0.2) is 9.37 Å². The number of pyridine rings is 1. The molecule has 98 valence electrons. The van der Waals surface area contributed by atoms with Gasteiger partial charge in [0.15, 0.2) is 0 Å². The average Bonchev–Trinajstić information content (AvgIpc) is 2.43. The minimum atomic E-state index is -0.389. The van der Waals surface area contributed by atoms with E-state index >= 15 is 0 Å². The minimum absolute atomic E-state index is 0.280. The molecule has 5 heteroatoms. The summed E-state index contributed by atoms with van der Waals surface area (Å²) in [5.74, 6) is -0.754. The Morgan fingerprint density at radius 1 is 1.26 bits per heavy atom. The van der Waals surface area contributed by atoms with Gasteiger partial charge in [-0.15, -0.1) is 0 Å². The van der Waals surface area contributed by atoms with E-state index in [1.165, 1.54) is 12.1 Å². The highest BCUT2D eigenvalue weighted by Crippen LogP contribution is 2.17. The standard InChI is InChI=1S/C14H14FN3O/c1-9-3-4-10(15)7-13(9)18-14(19)12-6-5-11(16-2)8-17-12/h3-8,16H,1-2H3,(H,18,19). The minimum Gasteiger partial charge on any atom is -0.387 e. The second-order valence-electron chi connectivity index (χ2n) is 4.10. The monoisotopic (exact) mass is 259 g/mol. The molecule has 0 fully saturated rings. The van der Waals surface area contributed by atoms with E-state index in [-0.39, 0.29) is 17.4 Å². The molecule has 0 saturated heterocycles. The Balaban J connectivity index is 2.18. The van der Waals surface area contributed by atoms with Crippen molar-refractivity contribution in [3.63, 3.8) is 0 Å². The van der Waals surface area contributed by atoms with Gasteiger partial charge in [0.25, 0.3) is 5.91 Å². The number of nitrogens with one attached hydrogen (secondary N) is 2. The van der Waals surface area contributed by atoms with Crippen LogP contribution in [0.1, 0.15) is 16.1 Å². The van der Waals surface area contributed by atoms with Gasteiger partial charge in [-0.1, -0.05) is 6.07 Å². The molecule has 2 aromatic rings. The number of aromatic nitrogens is 1. The first-order valence-electron chi connectivity index (χ1n) is 5.81. The highest BCUT2D eigenvalue weighted by atomic mass is 19.1. The van der Waals surface area contributed by atoms with E-state index in [2.05, 4.69) is 15.6 Å². The SMILES string of the molecule is CNc1ccc(C(=O)Nc2cc(F)ccc2C)nc1. The van der Waals surface area contributed by atoms with Crippen LogP contribution in [0.5, 0.6) is 0 Å². The summed E-state index contributed by atoms with van der Waals surface area (Å²) in [6, 6.07) is 7.61. The van der Waals surface area contributed by atoms with Gasteiger partial charge in [0.1, 0.15) is 11.5 Å². The van der Waals surface area contributed by atoms with E-state index in [4.69, 9.17) is 0 Å². The molecule has 1 amide bonds. The molecule has 0 aliphatic heterocycles. The third kappa shape index (κ3) is 3.07. The number of carbonyl (C=O) groups is 1. The van der Waals surface area contributed by atoms with Crippen LogP contribution in [0, 0.1) is 12.7 Å². The molecule has 1 aromatic carbocycles. The number of carbonyl (C=O) groups excluding carboxylic acids is 1. The van der Waals surface area contributed by atoms with Gasteiger partial charge in [-0.2, -0.15) is 0 Å². The van der Waals surface area contributed by atoms with Crippen molar-refractivity contribution < 1.29 is 9.18 Å². The number of amides is 1. The molecule has 0 saturated carbocycles. The van der Waals surface area contributed by atoms with Crippen molar-refractivity contribution in [3.05, 3.63) is 53.6 Å². The van der Waals surface area contributed by atoms with Gasteiger partial charge in [0, 0.05) is 12.7 Å². The normalized spacial score (nSPS) is 10.1. The van der Waals surface area contributed by atoms with Crippen LogP contribution in [-0.4, -0.2) is 17.9 Å². The first-order valence-corrected chi connectivity index (χ1v) is 5.81. The number of hydrogen-bond donors (Lipinski definition) is 2. The number of rotatable bonds is 3. The molecule has 1 aromatic heterocycles. The molecule has 2 N–H and O–H groups in total. The van der Waals surface area contributed by atoms with Crippen LogP contribution in [0.4, 0.5) is 15.8 Å². The van der Waals surface area contributed by atoms with Crippen molar-refractivity contribution in [1.29, 1.82) is 0 Å². The zero-order valence-corrected chi connectivity index (χ0v) is 10.7. The van der Waals surface area contributed by atoms with Crippen molar-refractivity contribution in [3.8, 4) is 0 Å². The summed E-state index contributed by atoms with van der Waals surface area (Å²) in [5, 5.41) is 5.56. The quantitative estimate of drug-likeness (QED) is 0.891. The van der Waals surface area contributed by atoms with Crippen molar-refractivity contribution in [2.24, 2.45) is 0 Å². The molecule has 19 heavy (non-hydrogen) atoms. The number of aryl methyl sites for hydroxylation is 1. The molecule has 1 heterocycles. The Labute approximate surface area is 110 Å². The summed E-state index contributed by atoms with van der Waals surface area (Å²) in [6.45, 7) is 1.80. The fourth-order valence-corrected chi connectivity index (χ4v) is 1.59. The van der Waals surface area contributed by atoms with E-state index in [0.717, 1.165) is 11.3 Å². The zero-order valence-electron chi connectivity index (χ0n) is 10.7. The molecule has 0 spiro atoms. The maximum atomic E-state index is 13.1. The van der Waals surface area contributed by atoms with Gasteiger partial charge < -0.3 is 10.6 Å². The van der Waals surface area contributed by atoms with E-state index in [1.54, 1.807) is 38.4 Å². The predicted octanol–water partition coefficient (Wildman–Crippen LogP) is 2.82. The fourth-order valence-electron chi connectivity index (χ4n) is 1.59. The summed E-state index contributed by atoms with van der Waals surface area (Å²) >= 11 is 0. The number of nitrogens with zero attached hydrogens (tertiary/aromatic N) is 1. The topological polar surface area (TPSA) is 54.0 Å². The van der Waals surface area contributed by atoms with Crippen molar-refractivity contribution in [2.75, 3.05) is 17.7 Å². The molecule has 0 bridgehead atoms. The number of anilines is 2. The van der Waals surface area contributed by atoms with Gasteiger partial charge in [-0.05, 0) is 36.8 Å². The highest BCUT2D eigenvalue weighted by Gasteiger charge is 2.09. The molecule has 0 aliphatic carbocycles. The largest absolute Gasteiger partial charge is 0.387 e. The lowest BCUT2D eigenvalue weighted by atomic mass is 10.2. The summed E-state index contributed by atoms with van der Waals surface area (Å²) < 4.78 is 13.1. The van der Waals surface area contributed by atoms with Crippen LogP contribution in [0.15, 0.2) is 36.5 Å². The second-order valence-corrected chi connectivity index (χ2v) is 4.10. The maximum absolute atomic E-state index is 13.1. The second kappa shape index (κ2) is 5.48. The van der Waals surface area contributed by atoms with E-state index in [9.17, 15) is 9.18 Å². The predicted molar refractivity (Wildman–Crippen MR) is 72.9 cm³/mol. The molecular formula is C14H14FN3O. The molecular weight excluding hydrogens is 245 g/mol. The van der Waals surface area contributed by atoms with Crippen molar-refractivity contribution >= 4 is 17.3 Å². The molecule has 2 rings (SSSR count). The lowest BCUT2D eigenvalue weighted by Crippen LogP contribution is -2.14. The van der Waals surface area contributed by atoms with Gasteiger partial charge >= 0.3 is 0 Å². The van der Waals surface area contributed by atoms with Crippen LogP contribution < -0.4 is 10.6 Å². The first-order chi connectivity index (χ1) is 9.10. The van der Waals surface area contributed by atoms with Crippen LogP contribution in [0.3, 0.4) is 0 Å². The molecule has 0 aliphatic rings. The lowest BCUT2D eigenvalue weighted by molar-refractivity contribution is 0.102. The summed E-state index contributed by atoms with van der Waals surface area (Å²) in [5.41, 5.74) is 2.34. The average molecular weight is 259 g/mol.